The number of oxime groups is 1. The number of amides is 1. The molecule has 1 saturated carbocycles. The highest BCUT2D eigenvalue weighted by Crippen LogP contribution is 2.29. The number of carbonyl (C=O) groups is 1. The Kier molecular flexibility index (Phi) is 4.61. The third kappa shape index (κ3) is 3.29. The first-order chi connectivity index (χ1) is 9.61. The minimum atomic E-state index is -0.00170. The Morgan fingerprint density at radius 3 is 2.60 bits per heavy atom. The number of anilines is 1. The zero-order valence-electron chi connectivity index (χ0n) is 11.7. The lowest BCUT2D eigenvalue weighted by molar-refractivity contribution is -0.121. The second-order valence-corrected chi connectivity index (χ2v) is 5.48. The molecule has 0 unspecified atom stereocenters. The highest BCUT2D eigenvalue weighted by molar-refractivity contribution is 6.05. The SMILES string of the molecule is CC1CCC(C(=O)Nc2ccccc2/C(N)=N/O)CC1. The number of nitrogens with zero attached hydrogens (tertiary/aromatic N) is 1. The molecule has 0 atom stereocenters. The molecule has 0 aliphatic heterocycles. The molecule has 1 aromatic carbocycles. The van der Waals surface area contributed by atoms with Gasteiger partial charge in [-0.2, -0.15) is 0 Å². The third-order valence-electron chi connectivity index (χ3n) is 3.96. The maximum Gasteiger partial charge on any atom is 0.227 e. The highest BCUT2D eigenvalue weighted by Gasteiger charge is 2.24. The minimum Gasteiger partial charge on any atom is -0.409 e. The Bertz CT molecular complexity index is 506. The fourth-order valence-corrected chi connectivity index (χ4v) is 2.63. The van der Waals surface area contributed by atoms with Gasteiger partial charge in [0, 0.05) is 11.5 Å². The van der Waals surface area contributed by atoms with Crippen LogP contribution in [0.5, 0.6) is 0 Å². The number of benzene rings is 1. The molecule has 0 saturated heterocycles. The lowest BCUT2D eigenvalue weighted by Crippen LogP contribution is -2.28. The van der Waals surface area contributed by atoms with Crippen LogP contribution in [0.1, 0.15) is 38.2 Å². The van der Waals surface area contributed by atoms with Crippen molar-refractivity contribution in [3.63, 3.8) is 0 Å². The second kappa shape index (κ2) is 6.41. The molecule has 0 heterocycles. The molecule has 108 valence electrons. The first-order valence-electron chi connectivity index (χ1n) is 6.99. The normalized spacial score (nSPS) is 23.4. The summed E-state index contributed by atoms with van der Waals surface area (Å²) in [6.45, 7) is 2.22. The molecule has 4 N–H and O–H groups in total. The molecular formula is C15H21N3O2. The Labute approximate surface area is 118 Å². The van der Waals surface area contributed by atoms with Gasteiger partial charge in [-0.15, -0.1) is 0 Å². The summed E-state index contributed by atoms with van der Waals surface area (Å²) in [5, 5.41) is 14.7. The first kappa shape index (κ1) is 14.4. The molecule has 0 radical (unpaired) electrons. The van der Waals surface area contributed by atoms with Crippen LogP contribution in [0.15, 0.2) is 29.4 Å². The van der Waals surface area contributed by atoms with Crippen molar-refractivity contribution in [3.05, 3.63) is 29.8 Å². The fourth-order valence-electron chi connectivity index (χ4n) is 2.63. The van der Waals surface area contributed by atoms with Gasteiger partial charge < -0.3 is 16.3 Å². The van der Waals surface area contributed by atoms with Gasteiger partial charge >= 0.3 is 0 Å². The van der Waals surface area contributed by atoms with Crippen LogP contribution in [-0.4, -0.2) is 17.0 Å². The average Bonchev–Trinajstić information content (AvgIpc) is 2.47. The zero-order chi connectivity index (χ0) is 14.5. The molecule has 5 heteroatoms. The quantitative estimate of drug-likeness (QED) is 0.343. The van der Waals surface area contributed by atoms with Crippen molar-refractivity contribution in [2.75, 3.05) is 5.32 Å². The molecule has 0 spiro atoms. The first-order valence-corrected chi connectivity index (χ1v) is 6.99. The summed E-state index contributed by atoms with van der Waals surface area (Å²) in [5.41, 5.74) is 6.74. The monoisotopic (exact) mass is 275 g/mol. The van der Waals surface area contributed by atoms with Crippen molar-refractivity contribution >= 4 is 17.4 Å². The fraction of sp³-hybridized carbons (Fsp3) is 0.467. The third-order valence-corrected chi connectivity index (χ3v) is 3.96. The number of amidine groups is 1. The topological polar surface area (TPSA) is 87.7 Å². The summed E-state index contributed by atoms with van der Waals surface area (Å²) < 4.78 is 0. The van der Waals surface area contributed by atoms with E-state index in [2.05, 4.69) is 17.4 Å². The highest BCUT2D eigenvalue weighted by atomic mass is 16.4. The van der Waals surface area contributed by atoms with Crippen molar-refractivity contribution in [2.24, 2.45) is 22.7 Å². The van der Waals surface area contributed by atoms with Gasteiger partial charge in [0.15, 0.2) is 5.84 Å². The molecule has 1 amide bonds. The summed E-state index contributed by atoms with van der Waals surface area (Å²) in [6, 6.07) is 7.07. The number of nitrogens with one attached hydrogen (secondary N) is 1. The summed E-state index contributed by atoms with van der Waals surface area (Å²) in [5.74, 6) is 0.795. The van der Waals surface area contributed by atoms with Crippen LogP contribution >= 0.6 is 0 Å². The molecule has 0 bridgehead atoms. The van der Waals surface area contributed by atoms with Crippen LogP contribution in [0.25, 0.3) is 0 Å². The maximum atomic E-state index is 12.3. The Morgan fingerprint density at radius 2 is 1.95 bits per heavy atom. The molecule has 1 aromatic rings. The Balaban J connectivity index is 2.08. The lowest BCUT2D eigenvalue weighted by atomic mass is 9.82. The van der Waals surface area contributed by atoms with Crippen LogP contribution < -0.4 is 11.1 Å². The predicted octanol–water partition coefficient (Wildman–Crippen LogP) is 2.55. The standard InChI is InChI=1S/C15H21N3O2/c1-10-6-8-11(9-7-10)15(19)17-13-5-3-2-4-12(13)14(16)18-20/h2-5,10-11,20H,6-9H2,1H3,(H2,16,18)(H,17,19). The number of carbonyl (C=O) groups excluding carboxylic acids is 1. The summed E-state index contributed by atoms with van der Waals surface area (Å²) >= 11 is 0. The van der Waals surface area contributed by atoms with Gasteiger partial charge in [0.2, 0.25) is 5.91 Å². The van der Waals surface area contributed by atoms with E-state index in [0.717, 1.165) is 25.7 Å². The molecular weight excluding hydrogens is 254 g/mol. The van der Waals surface area contributed by atoms with Gasteiger partial charge in [0.1, 0.15) is 0 Å². The van der Waals surface area contributed by atoms with E-state index >= 15 is 0 Å². The van der Waals surface area contributed by atoms with E-state index in [1.165, 1.54) is 0 Å². The van der Waals surface area contributed by atoms with Crippen LogP contribution in [-0.2, 0) is 4.79 Å². The van der Waals surface area contributed by atoms with E-state index in [1.807, 2.05) is 6.07 Å². The lowest BCUT2D eigenvalue weighted by Gasteiger charge is -2.25. The van der Waals surface area contributed by atoms with Crippen molar-refractivity contribution < 1.29 is 10.0 Å². The molecule has 2 rings (SSSR count). The number of hydrogen-bond donors (Lipinski definition) is 3. The minimum absolute atomic E-state index is 0.00170. The van der Waals surface area contributed by atoms with Crippen molar-refractivity contribution in [3.8, 4) is 0 Å². The molecule has 1 aliphatic rings. The van der Waals surface area contributed by atoms with Crippen LogP contribution in [0, 0.1) is 11.8 Å². The Morgan fingerprint density at radius 1 is 1.30 bits per heavy atom. The summed E-state index contributed by atoms with van der Waals surface area (Å²) in [4.78, 5) is 12.3. The van der Waals surface area contributed by atoms with Crippen LogP contribution in [0.4, 0.5) is 5.69 Å². The zero-order valence-corrected chi connectivity index (χ0v) is 11.7. The van der Waals surface area contributed by atoms with E-state index in [-0.39, 0.29) is 17.7 Å². The van der Waals surface area contributed by atoms with Gasteiger partial charge in [0.25, 0.3) is 0 Å². The van der Waals surface area contributed by atoms with E-state index in [4.69, 9.17) is 10.9 Å². The smallest absolute Gasteiger partial charge is 0.227 e. The van der Waals surface area contributed by atoms with Crippen LogP contribution in [0.3, 0.4) is 0 Å². The summed E-state index contributed by atoms with van der Waals surface area (Å²) in [6.07, 6.45) is 4.05. The van der Waals surface area contributed by atoms with E-state index in [1.54, 1.807) is 18.2 Å². The van der Waals surface area contributed by atoms with E-state index < -0.39 is 0 Å². The van der Waals surface area contributed by atoms with E-state index in [9.17, 15) is 4.79 Å². The van der Waals surface area contributed by atoms with Gasteiger partial charge in [-0.25, -0.2) is 0 Å². The second-order valence-electron chi connectivity index (χ2n) is 5.48. The van der Waals surface area contributed by atoms with Crippen molar-refractivity contribution in [2.45, 2.75) is 32.6 Å². The number of rotatable bonds is 3. The molecule has 20 heavy (non-hydrogen) atoms. The van der Waals surface area contributed by atoms with Crippen LogP contribution in [0.2, 0.25) is 0 Å². The average molecular weight is 275 g/mol. The maximum absolute atomic E-state index is 12.3. The number of para-hydroxylation sites is 1. The predicted molar refractivity (Wildman–Crippen MR) is 78.7 cm³/mol. The van der Waals surface area contributed by atoms with Gasteiger partial charge in [-0.05, 0) is 43.7 Å². The van der Waals surface area contributed by atoms with Crippen molar-refractivity contribution in [1.82, 2.24) is 0 Å². The molecule has 1 aliphatic carbocycles. The molecule has 1 fully saturated rings. The van der Waals surface area contributed by atoms with E-state index in [0.29, 0.717) is 17.2 Å². The Hall–Kier alpha value is -2.04. The number of nitrogens with two attached hydrogens (primary N) is 1. The van der Waals surface area contributed by atoms with Gasteiger partial charge in [-0.1, -0.05) is 24.2 Å². The number of hydrogen-bond acceptors (Lipinski definition) is 3. The molecule has 0 aromatic heterocycles. The largest absolute Gasteiger partial charge is 0.409 e. The van der Waals surface area contributed by atoms with Crippen molar-refractivity contribution in [1.29, 1.82) is 0 Å². The van der Waals surface area contributed by atoms with Gasteiger partial charge in [0.05, 0.1) is 5.69 Å². The van der Waals surface area contributed by atoms with Gasteiger partial charge in [-0.3, -0.25) is 4.79 Å². The summed E-state index contributed by atoms with van der Waals surface area (Å²) in [7, 11) is 0. The molecule has 5 nitrogen and oxygen atoms in total.